The molecule has 0 heterocycles. The second kappa shape index (κ2) is 7.14. The number of amides is 1. The molecule has 1 aromatic rings. The quantitative estimate of drug-likeness (QED) is 0.497. The van der Waals surface area contributed by atoms with E-state index in [2.05, 4.69) is 10.6 Å². The van der Waals surface area contributed by atoms with Crippen LogP contribution in [0.15, 0.2) is 18.2 Å². The van der Waals surface area contributed by atoms with Crippen LogP contribution in [0.5, 0.6) is 0 Å². The molecular weight excluding hydrogens is 232 g/mol. The monoisotopic (exact) mass is 248 g/mol. The first-order valence-corrected chi connectivity index (χ1v) is 5.47. The number of ether oxygens (including phenoxy) is 1. The van der Waals surface area contributed by atoms with Gasteiger partial charge in [-0.05, 0) is 12.1 Å². The number of anilines is 2. The molecule has 4 N–H and O–H groups in total. The molecule has 6 nitrogen and oxygen atoms in total. The number of rotatable bonds is 6. The third-order valence-corrected chi connectivity index (χ3v) is 2.29. The third kappa shape index (κ3) is 3.96. The van der Waals surface area contributed by atoms with Gasteiger partial charge in [-0.25, -0.2) is 0 Å². The summed E-state index contributed by atoms with van der Waals surface area (Å²) >= 11 is 0. The highest BCUT2D eigenvalue weighted by Crippen LogP contribution is 2.21. The van der Waals surface area contributed by atoms with Gasteiger partial charge in [0.15, 0.2) is 0 Å². The van der Waals surface area contributed by atoms with Crippen molar-refractivity contribution in [3.8, 4) is 6.07 Å². The Bertz CT molecular complexity index is 454. The smallest absolute Gasteiger partial charge is 0.239 e. The summed E-state index contributed by atoms with van der Waals surface area (Å²) in [6.45, 7) is 1.03. The van der Waals surface area contributed by atoms with Gasteiger partial charge in [0.1, 0.15) is 6.07 Å². The largest absolute Gasteiger partial charge is 0.396 e. The minimum Gasteiger partial charge on any atom is -0.396 e. The number of nitrogens with two attached hydrogens (primary N) is 1. The topological polar surface area (TPSA) is 100 Å². The fourth-order valence-electron chi connectivity index (χ4n) is 1.35. The molecule has 1 rings (SSSR count). The van der Waals surface area contributed by atoms with E-state index in [9.17, 15) is 4.79 Å². The maximum Gasteiger partial charge on any atom is 0.239 e. The van der Waals surface area contributed by atoms with Crippen LogP contribution in [0.2, 0.25) is 0 Å². The normalized spacial score (nSPS) is 9.56. The van der Waals surface area contributed by atoms with E-state index in [4.69, 9.17) is 15.7 Å². The molecule has 18 heavy (non-hydrogen) atoms. The van der Waals surface area contributed by atoms with E-state index in [1.54, 1.807) is 25.3 Å². The van der Waals surface area contributed by atoms with Crippen LogP contribution in [0.4, 0.5) is 11.4 Å². The summed E-state index contributed by atoms with van der Waals surface area (Å²) in [6.07, 6.45) is 0. The fourth-order valence-corrected chi connectivity index (χ4v) is 1.35. The molecule has 0 aliphatic carbocycles. The Kier molecular flexibility index (Phi) is 5.48. The average Bonchev–Trinajstić information content (AvgIpc) is 2.38. The first-order chi connectivity index (χ1) is 8.69. The summed E-state index contributed by atoms with van der Waals surface area (Å²) in [6, 6.07) is 7.04. The minimum absolute atomic E-state index is 0.1000. The number of carbonyl (C=O) groups excluding carboxylic acids is 1. The number of benzene rings is 1. The maximum atomic E-state index is 11.4. The predicted octanol–water partition coefficient (Wildman–Crippen LogP) is 0.315. The molecule has 0 fully saturated rings. The second-order valence-corrected chi connectivity index (χ2v) is 3.57. The first-order valence-electron chi connectivity index (χ1n) is 5.47. The van der Waals surface area contributed by atoms with Crippen molar-refractivity contribution in [2.45, 2.75) is 0 Å². The lowest BCUT2D eigenvalue weighted by atomic mass is 10.1. The molecule has 96 valence electrons. The summed E-state index contributed by atoms with van der Waals surface area (Å²) in [5.41, 5.74) is 7.08. The molecule has 0 aliphatic rings. The van der Waals surface area contributed by atoms with Gasteiger partial charge in [0.05, 0.1) is 30.1 Å². The molecule has 0 aliphatic heterocycles. The lowest BCUT2D eigenvalue weighted by molar-refractivity contribution is -0.119. The van der Waals surface area contributed by atoms with Gasteiger partial charge >= 0.3 is 0 Å². The van der Waals surface area contributed by atoms with Crippen LogP contribution in [-0.4, -0.2) is 32.7 Å². The average molecular weight is 248 g/mol. The van der Waals surface area contributed by atoms with Gasteiger partial charge in [0.2, 0.25) is 5.91 Å². The van der Waals surface area contributed by atoms with Crippen molar-refractivity contribution in [3.63, 3.8) is 0 Å². The predicted molar refractivity (Wildman–Crippen MR) is 68.9 cm³/mol. The fraction of sp³-hybridized carbons (Fsp3) is 0.333. The van der Waals surface area contributed by atoms with Crippen molar-refractivity contribution < 1.29 is 9.53 Å². The second-order valence-electron chi connectivity index (χ2n) is 3.57. The van der Waals surface area contributed by atoms with Crippen LogP contribution in [0.1, 0.15) is 5.56 Å². The van der Waals surface area contributed by atoms with Crippen LogP contribution in [-0.2, 0) is 9.53 Å². The standard InChI is InChI=1S/C12H16N4O2/c1-18-6-5-15-11(17)8-16-10-4-2-3-9(7-13)12(10)14/h2-4,16H,5-6,8,14H2,1H3,(H,15,17). The van der Waals surface area contributed by atoms with E-state index in [0.29, 0.717) is 30.1 Å². The van der Waals surface area contributed by atoms with E-state index >= 15 is 0 Å². The number of nitriles is 1. The molecule has 0 bridgehead atoms. The van der Waals surface area contributed by atoms with E-state index < -0.39 is 0 Å². The van der Waals surface area contributed by atoms with Crippen molar-refractivity contribution in [1.82, 2.24) is 5.32 Å². The molecule has 6 heteroatoms. The lowest BCUT2D eigenvalue weighted by Gasteiger charge is -2.10. The molecule has 0 saturated carbocycles. The Hall–Kier alpha value is -2.26. The number of nitrogens with zero attached hydrogens (tertiary/aromatic N) is 1. The number of hydrogen-bond donors (Lipinski definition) is 3. The van der Waals surface area contributed by atoms with E-state index in [-0.39, 0.29) is 12.5 Å². The summed E-state index contributed by atoms with van der Waals surface area (Å²) < 4.78 is 4.81. The number of nitrogens with one attached hydrogen (secondary N) is 2. The Morgan fingerprint density at radius 3 is 3.00 bits per heavy atom. The molecule has 0 saturated heterocycles. The van der Waals surface area contributed by atoms with Gasteiger partial charge < -0.3 is 21.1 Å². The van der Waals surface area contributed by atoms with Crippen molar-refractivity contribution >= 4 is 17.3 Å². The molecule has 0 unspecified atom stereocenters. The Balaban J connectivity index is 2.49. The number of carbonyl (C=O) groups is 1. The number of para-hydroxylation sites is 1. The van der Waals surface area contributed by atoms with Gasteiger partial charge in [0.25, 0.3) is 0 Å². The van der Waals surface area contributed by atoms with Crippen LogP contribution in [0.3, 0.4) is 0 Å². The maximum absolute atomic E-state index is 11.4. The Morgan fingerprint density at radius 1 is 1.56 bits per heavy atom. The molecule has 0 spiro atoms. The molecule has 0 atom stereocenters. The van der Waals surface area contributed by atoms with Crippen molar-refractivity contribution in [2.24, 2.45) is 0 Å². The van der Waals surface area contributed by atoms with Gasteiger partial charge in [0, 0.05) is 13.7 Å². The SMILES string of the molecule is COCCNC(=O)CNc1cccc(C#N)c1N. The van der Waals surface area contributed by atoms with Crippen LogP contribution >= 0.6 is 0 Å². The molecule has 1 amide bonds. The van der Waals surface area contributed by atoms with Gasteiger partial charge in [-0.1, -0.05) is 6.07 Å². The summed E-state index contributed by atoms with van der Waals surface area (Å²) in [4.78, 5) is 11.4. The highest BCUT2D eigenvalue weighted by Gasteiger charge is 2.05. The lowest BCUT2D eigenvalue weighted by Crippen LogP contribution is -2.32. The van der Waals surface area contributed by atoms with Gasteiger partial charge in [-0.15, -0.1) is 0 Å². The molecular formula is C12H16N4O2. The zero-order valence-electron chi connectivity index (χ0n) is 10.2. The molecule has 0 aromatic heterocycles. The van der Waals surface area contributed by atoms with E-state index in [0.717, 1.165) is 0 Å². The zero-order valence-corrected chi connectivity index (χ0v) is 10.2. The summed E-state index contributed by atoms with van der Waals surface area (Å²) in [7, 11) is 1.57. The van der Waals surface area contributed by atoms with E-state index in [1.807, 2.05) is 6.07 Å². The Labute approximate surface area is 106 Å². The number of hydrogen-bond acceptors (Lipinski definition) is 5. The molecule has 1 aromatic carbocycles. The van der Waals surface area contributed by atoms with Crippen LogP contribution in [0, 0.1) is 11.3 Å². The number of methoxy groups -OCH3 is 1. The third-order valence-electron chi connectivity index (χ3n) is 2.29. The van der Waals surface area contributed by atoms with Crippen molar-refractivity contribution in [1.29, 1.82) is 5.26 Å². The van der Waals surface area contributed by atoms with Crippen molar-refractivity contribution in [2.75, 3.05) is 37.9 Å². The highest BCUT2D eigenvalue weighted by atomic mass is 16.5. The minimum atomic E-state index is -0.159. The van der Waals surface area contributed by atoms with Gasteiger partial charge in [-0.3, -0.25) is 4.79 Å². The first kappa shape index (κ1) is 13.8. The van der Waals surface area contributed by atoms with Gasteiger partial charge in [-0.2, -0.15) is 5.26 Å². The van der Waals surface area contributed by atoms with Crippen LogP contribution in [0.25, 0.3) is 0 Å². The van der Waals surface area contributed by atoms with Crippen molar-refractivity contribution in [3.05, 3.63) is 23.8 Å². The zero-order chi connectivity index (χ0) is 13.4. The Morgan fingerprint density at radius 2 is 2.33 bits per heavy atom. The van der Waals surface area contributed by atoms with E-state index in [1.165, 1.54) is 0 Å². The number of nitrogen functional groups attached to an aromatic ring is 1. The van der Waals surface area contributed by atoms with Crippen LogP contribution < -0.4 is 16.4 Å². The highest BCUT2D eigenvalue weighted by molar-refractivity contribution is 5.83. The summed E-state index contributed by atoms with van der Waals surface area (Å²) in [5.74, 6) is -0.159. The summed E-state index contributed by atoms with van der Waals surface area (Å²) in [5, 5.41) is 14.4. The molecule has 0 radical (unpaired) electrons.